The van der Waals surface area contributed by atoms with E-state index in [1.54, 1.807) is 32.5 Å². The molecule has 1 aliphatic heterocycles. The lowest BCUT2D eigenvalue weighted by Gasteiger charge is -2.30. The van der Waals surface area contributed by atoms with Crippen LogP contribution in [0.25, 0.3) is 10.9 Å². The summed E-state index contributed by atoms with van der Waals surface area (Å²) in [5, 5.41) is 13.7. The Kier molecular flexibility index (Phi) is 4.14. The zero-order chi connectivity index (χ0) is 19.1. The summed E-state index contributed by atoms with van der Waals surface area (Å²) >= 11 is 0. The fourth-order valence-corrected chi connectivity index (χ4v) is 3.15. The second kappa shape index (κ2) is 6.05. The number of nitrogens with zero attached hydrogens (tertiary/aromatic N) is 2. The number of rotatable bonds is 3. The molecule has 8 heteroatoms. The molecule has 1 unspecified atom stereocenters. The molecule has 26 heavy (non-hydrogen) atoms. The van der Waals surface area contributed by atoms with E-state index < -0.39 is 17.2 Å². The molecule has 1 aliphatic rings. The van der Waals surface area contributed by atoms with Crippen molar-refractivity contribution in [1.82, 2.24) is 25.7 Å². The first kappa shape index (κ1) is 17.8. The van der Waals surface area contributed by atoms with Gasteiger partial charge in [-0.25, -0.2) is 9.59 Å². The van der Waals surface area contributed by atoms with Crippen molar-refractivity contribution in [3.8, 4) is 0 Å². The molecule has 0 bridgehead atoms. The van der Waals surface area contributed by atoms with E-state index in [1.807, 2.05) is 24.3 Å². The maximum atomic E-state index is 12.1. The third-order valence-electron chi connectivity index (χ3n) is 4.15. The molecule has 0 spiro atoms. The van der Waals surface area contributed by atoms with Crippen LogP contribution in [0.5, 0.6) is 0 Å². The van der Waals surface area contributed by atoms with Gasteiger partial charge < -0.3 is 20.7 Å². The Morgan fingerprint density at radius 3 is 2.69 bits per heavy atom. The normalized spacial score (nSPS) is 20.0. The van der Waals surface area contributed by atoms with Gasteiger partial charge in [-0.1, -0.05) is 24.8 Å². The summed E-state index contributed by atoms with van der Waals surface area (Å²) in [6.45, 7) is 9.42. The van der Waals surface area contributed by atoms with Gasteiger partial charge in [0, 0.05) is 18.1 Å². The lowest BCUT2D eigenvalue weighted by Crippen LogP contribution is -2.50. The Labute approximate surface area is 151 Å². The van der Waals surface area contributed by atoms with E-state index in [1.165, 1.54) is 0 Å². The number of aryl methyl sites for hydroxylation is 1. The Morgan fingerprint density at radius 2 is 2.08 bits per heavy atom. The van der Waals surface area contributed by atoms with Gasteiger partial charge in [-0.2, -0.15) is 5.10 Å². The van der Waals surface area contributed by atoms with Crippen molar-refractivity contribution in [1.29, 1.82) is 0 Å². The summed E-state index contributed by atoms with van der Waals surface area (Å²) in [6.07, 6.45) is -0.572. The molecule has 0 saturated carbocycles. The molecule has 1 aromatic heterocycles. The molecule has 3 N–H and O–H groups in total. The number of carbonyl (C=O) groups is 2. The minimum Gasteiger partial charge on any atom is -0.444 e. The third kappa shape index (κ3) is 3.10. The first-order chi connectivity index (χ1) is 12.1. The molecule has 3 amide bonds. The minimum atomic E-state index is -1.04. The summed E-state index contributed by atoms with van der Waals surface area (Å²) < 4.78 is 7.00. The second-order valence-electron chi connectivity index (χ2n) is 7.31. The van der Waals surface area contributed by atoms with Gasteiger partial charge in [0.05, 0.1) is 17.8 Å². The average molecular weight is 357 g/mol. The number of fused-ring (bicyclic) bond motifs is 1. The van der Waals surface area contributed by atoms with Crippen LogP contribution in [-0.4, -0.2) is 34.1 Å². The Balaban J connectivity index is 2.01. The Morgan fingerprint density at radius 1 is 1.38 bits per heavy atom. The molecule has 1 saturated heterocycles. The summed E-state index contributed by atoms with van der Waals surface area (Å²) in [5.41, 5.74) is 0.291. The predicted molar refractivity (Wildman–Crippen MR) is 97.4 cm³/mol. The van der Waals surface area contributed by atoms with Crippen molar-refractivity contribution in [2.45, 2.75) is 31.9 Å². The van der Waals surface area contributed by atoms with Crippen LogP contribution in [0.2, 0.25) is 0 Å². The molecular formula is C18H23N5O3. The van der Waals surface area contributed by atoms with Crippen LogP contribution in [0, 0.1) is 0 Å². The smallest absolute Gasteiger partial charge is 0.407 e. The van der Waals surface area contributed by atoms with E-state index >= 15 is 0 Å². The van der Waals surface area contributed by atoms with Crippen LogP contribution in [0.15, 0.2) is 36.5 Å². The molecule has 138 valence electrons. The maximum absolute atomic E-state index is 12.1. The fourth-order valence-electron chi connectivity index (χ4n) is 3.15. The van der Waals surface area contributed by atoms with Crippen molar-refractivity contribution in [2.24, 2.45) is 7.05 Å². The number of hydrogen-bond acceptors (Lipinski definition) is 4. The van der Waals surface area contributed by atoms with Crippen LogP contribution in [0.1, 0.15) is 26.5 Å². The van der Waals surface area contributed by atoms with Gasteiger partial charge in [0.1, 0.15) is 11.1 Å². The van der Waals surface area contributed by atoms with E-state index in [0.29, 0.717) is 5.70 Å². The topological polar surface area (TPSA) is 97.3 Å². The highest BCUT2D eigenvalue weighted by Crippen LogP contribution is 2.35. The summed E-state index contributed by atoms with van der Waals surface area (Å²) in [4.78, 5) is 24.2. The maximum Gasteiger partial charge on any atom is 0.407 e. The second-order valence-corrected chi connectivity index (χ2v) is 7.31. The molecule has 1 atom stereocenters. The van der Waals surface area contributed by atoms with Crippen molar-refractivity contribution >= 4 is 23.0 Å². The standard InChI is InChI=1S/C18H23N5O3/c1-11-18(21-15(24)20-11,10-19-16(25)26-17(2,3)4)14-12-8-6-7-9-13(12)22-23(14)5/h6-9H,1,10H2,2-5H3,(H,19,25)(H2,20,21,24). The van der Waals surface area contributed by atoms with Gasteiger partial charge in [-0.3, -0.25) is 4.68 Å². The molecule has 1 aromatic carbocycles. The highest BCUT2D eigenvalue weighted by atomic mass is 16.6. The molecule has 8 nitrogen and oxygen atoms in total. The number of benzene rings is 1. The number of carbonyl (C=O) groups excluding carboxylic acids is 2. The average Bonchev–Trinajstić information content (AvgIpc) is 2.99. The lowest BCUT2D eigenvalue weighted by molar-refractivity contribution is 0.0515. The number of hydrogen-bond donors (Lipinski definition) is 3. The van der Waals surface area contributed by atoms with Crippen LogP contribution < -0.4 is 16.0 Å². The summed E-state index contributed by atoms with van der Waals surface area (Å²) in [7, 11) is 1.79. The largest absolute Gasteiger partial charge is 0.444 e. The third-order valence-corrected chi connectivity index (χ3v) is 4.15. The van der Waals surface area contributed by atoms with E-state index in [9.17, 15) is 9.59 Å². The van der Waals surface area contributed by atoms with Gasteiger partial charge in [-0.15, -0.1) is 0 Å². The van der Waals surface area contributed by atoms with Crippen LogP contribution >= 0.6 is 0 Å². The van der Waals surface area contributed by atoms with Gasteiger partial charge >= 0.3 is 12.1 Å². The first-order valence-electron chi connectivity index (χ1n) is 8.30. The van der Waals surface area contributed by atoms with E-state index in [-0.39, 0.29) is 12.6 Å². The SMILES string of the molecule is C=C1NC(=O)NC1(CNC(=O)OC(C)(C)C)c1c2ccccc2nn1C. The van der Waals surface area contributed by atoms with Gasteiger partial charge in [0.25, 0.3) is 0 Å². The van der Waals surface area contributed by atoms with Crippen LogP contribution in [-0.2, 0) is 17.3 Å². The molecule has 0 aliphatic carbocycles. The molecular weight excluding hydrogens is 334 g/mol. The van der Waals surface area contributed by atoms with Crippen molar-refractivity contribution in [3.05, 3.63) is 42.2 Å². The van der Waals surface area contributed by atoms with Gasteiger partial charge in [0.15, 0.2) is 0 Å². The molecule has 0 radical (unpaired) electrons. The molecule has 2 heterocycles. The molecule has 2 aromatic rings. The highest BCUT2D eigenvalue weighted by Gasteiger charge is 2.46. The zero-order valence-electron chi connectivity index (χ0n) is 15.3. The Hall–Kier alpha value is -3.03. The zero-order valence-corrected chi connectivity index (χ0v) is 15.3. The number of alkyl carbamates (subject to hydrolysis) is 1. The summed E-state index contributed by atoms with van der Waals surface area (Å²) in [6, 6.07) is 7.22. The predicted octanol–water partition coefficient (Wildman–Crippen LogP) is 2.12. The van der Waals surface area contributed by atoms with E-state index in [4.69, 9.17) is 4.74 Å². The molecule has 3 rings (SSSR count). The number of urea groups is 1. The number of aromatic nitrogens is 2. The monoisotopic (exact) mass is 357 g/mol. The lowest BCUT2D eigenvalue weighted by atomic mass is 9.90. The first-order valence-corrected chi connectivity index (χ1v) is 8.30. The summed E-state index contributed by atoms with van der Waals surface area (Å²) in [5.74, 6) is 0. The number of amides is 3. The quantitative estimate of drug-likeness (QED) is 0.784. The Bertz CT molecular complexity index is 896. The minimum absolute atomic E-state index is 0.0724. The van der Waals surface area contributed by atoms with Crippen LogP contribution in [0.3, 0.4) is 0 Å². The van der Waals surface area contributed by atoms with Crippen molar-refractivity contribution in [3.63, 3.8) is 0 Å². The fraction of sp³-hybridized carbons (Fsp3) is 0.389. The molecule has 1 fully saturated rings. The van der Waals surface area contributed by atoms with Crippen molar-refractivity contribution < 1.29 is 14.3 Å². The van der Waals surface area contributed by atoms with Gasteiger partial charge in [0.2, 0.25) is 0 Å². The highest BCUT2D eigenvalue weighted by molar-refractivity contribution is 5.88. The van der Waals surface area contributed by atoms with Crippen LogP contribution in [0.4, 0.5) is 9.59 Å². The number of nitrogens with one attached hydrogen (secondary N) is 3. The van der Waals surface area contributed by atoms with Gasteiger partial charge in [-0.05, 0) is 26.8 Å². The van der Waals surface area contributed by atoms with E-state index in [0.717, 1.165) is 16.6 Å². The van der Waals surface area contributed by atoms with Crippen molar-refractivity contribution in [2.75, 3.05) is 6.54 Å². The van der Waals surface area contributed by atoms with E-state index in [2.05, 4.69) is 27.6 Å². The number of ether oxygens (including phenoxy) is 1.